The van der Waals surface area contributed by atoms with Gasteiger partial charge in [0.1, 0.15) is 11.5 Å². The highest BCUT2D eigenvalue weighted by molar-refractivity contribution is 6.30. The lowest BCUT2D eigenvalue weighted by Crippen LogP contribution is -2.29. The minimum Gasteiger partial charge on any atom is -0.494 e. The number of ketones is 1. The fourth-order valence-corrected chi connectivity index (χ4v) is 2.44. The average molecular weight is 390 g/mol. The van der Waals surface area contributed by atoms with E-state index in [1.165, 1.54) is 0 Å². The normalized spacial score (nSPS) is 10.3. The van der Waals surface area contributed by atoms with E-state index < -0.39 is 0 Å². The second kappa shape index (κ2) is 11.2. The first-order chi connectivity index (χ1) is 13.1. The molecule has 5 nitrogen and oxygen atoms in total. The Kier molecular flexibility index (Phi) is 8.65. The first kappa shape index (κ1) is 20.8. The van der Waals surface area contributed by atoms with E-state index in [1.807, 2.05) is 19.1 Å². The number of hydrogen-bond acceptors (Lipinski definition) is 4. The van der Waals surface area contributed by atoms with Crippen molar-refractivity contribution < 1.29 is 19.1 Å². The molecule has 1 N–H and O–H groups in total. The molecule has 0 unspecified atom stereocenters. The zero-order valence-corrected chi connectivity index (χ0v) is 16.1. The summed E-state index contributed by atoms with van der Waals surface area (Å²) in [6.45, 7) is 2.91. The van der Waals surface area contributed by atoms with Crippen molar-refractivity contribution in [2.75, 3.05) is 19.8 Å². The monoisotopic (exact) mass is 389 g/mol. The summed E-state index contributed by atoms with van der Waals surface area (Å²) in [6, 6.07) is 14.0. The first-order valence-corrected chi connectivity index (χ1v) is 9.37. The molecule has 27 heavy (non-hydrogen) atoms. The molecule has 0 bridgehead atoms. The highest BCUT2D eigenvalue weighted by Gasteiger charge is 2.05. The molecule has 0 saturated heterocycles. The van der Waals surface area contributed by atoms with Crippen LogP contribution in [-0.2, 0) is 4.79 Å². The minimum absolute atomic E-state index is 0.0532. The highest BCUT2D eigenvalue weighted by Crippen LogP contribution is 2.16. The van der Waals surface area contributed by atoms with Gasteiger partial charge in [0.05, 0.1) is 6.61 Å². The molecule has 2 rings (SSSR count). The van der Waals surface area contributed by atoms with Gasteiger partial charge in [-0.05, 0) is 61.4 Å². The maximum Gasteiger partial charge on any atom is 0.257 e. The van der Waals surface area contributed by atoms with Crippen LogP contribution in [0.5, 0.6) is 11.5 Å². The summed E-state index contributed by atoms with van der Waals surface area (Å²) in [6.07, 6.45) is 2.11. The van der Waals surface area contributed by atoms with Crippen molar-refractivity contribution in [1.82, 2.24) is 5.32 Å². The molecule has 1 amide bonds. The lowest BCUT2D eigenvalue weighted by molar-refractivity contribution is -0.123. The predicted molar refractivity (Wildman–Crippen MR) is 106 cm³/mol. The summed E-state index contributed by atoms with van der Waals surface area (Å²) in [5.74, 6) is 1.25. The lowest BCUT2D eigenvalue weighted by atomic mass is 10.1. The van der Waals surface area contributed by atoms with Crippen molar-refractivity contribution in [3.05, 3.63) is 59.1 Å². The number of nitrogens with one attached hydrogen (secondary N) is 1. The van der Waals surface area contributed by atoms with Gasteiger partial charge in [0.2, 0.25) is 0 Å². The van der Waals surface area contributed by atoms with Crippen LogP contribution in [0.25, 0.3) is 0 Å². The van der Waals surface area contributed by atoms with Gasteiger partial charge in [-0.1, -0.05) is 18.5 Å². The maximum atomic E-state index is 11.8. The van der Waals surface area contributed by atoms with Crippen molar-refractivity contribution in [1.29, 1.82) is 0 Å². The lowest BCUT2D eigenvalue weighted by Gasteiger charge is -2.09. The van der Waals surface area contributed by atoms with Crippen LogP contribution in [0.1, 0.15) is 36.5 Å². The van der Waals surface area contributed by atoms with E-state index in [9.17, 15) is 9.59 Å². The Bertz CT molecular complexity index is 729. The Hall–Kier alpha value is -2.53. The van der Waals surface area contributed by atoms with E-state index in [2.05, 4.69) is 5.32 Å². The molecule has 0 spiro atoms. The van der Waals surface area contributed by atoms with Gasteiger partial charge in [-0.15, -0.1) is 0 Å². The summed E-state index contributed by atoms with van der Waals surface area (Å²) in [4.78, 5) is 23.3. The van der Waals surface area contributed by atoms with E-state index in [-0.39, 0.29) is 18.3 Å². The van der Waals surface area contributed by atoms with Gasteiger partial charge < -0.3 is 14.8 Å². The van der Waals surface area contributed by atoms with Crippen LogP contribution in [0, 0.1) is 0 Å². The summed E-state index contributed by atoms with van der Waals surface area (Å²) in [5.41, 5.74) is 0.648. The zero-order chi connectivity index (χ0) is 19.5. The number of carbonyl (C=O) groups excluding carboxylic acids is 2. The standard InChI is InChI=1S/C21H24ClNO4/c1-2-20(24)16-5-9-19(10-6-16)27-15-21(25)23-13-3-4-14-26-18-11-7-17(22)8-12-18/h5-12H,2-4,13-15H2,1H3,(H,23,25). The third kappa shape index (κ3) is 7.71. The molecule has 2 aromatic rings. The van der Waals surface area contributed by atoms with Gasteiger partial charge in [-0.25, -0.2) is 0 Å². The molecule has 0 atom stereocenters. The SMILES string of the molecule is CCC(=O)c1ccc(OCC(=O)NCCCCOc2ccc(Cl)cc2)cc1. The third-order valence-electron chi connectivity index (χ3n) is 3.84. The van der Waals surface area contributed by atoms with Crippen molar-refractivity contribution in [2.24, 2.45) is 0 Å². The third-order valence-corrected chi connectivity index (χ3v) is 4.09. The van der Waals surface area contributed by atoms with Gasteiger partial charge in [-0.3, -0.25) is 9.59 Å². The molecule has 0 heterocycles. The van der Waals surface area contributed by atoms with Crippen LogP contribution in [0.15, 0.2) is 48.5 Å². The number of ether oxygens (including phenoxy) is 2. The molecule has 0 radical (unpaired) electrons. The number of carbonyl (C=O) groups is 2. The van der Waals surface area contributed by atoms with E-state index in [0.717, 1.165) is 18.6 Å². The minimum atomic E-state index is -0.178. The van der Waals surface area contributed by atoms with Crippen molar-refractivity contribution >= 4 is 23.3 Å². The molecule has 6 heteroatoms. The largest absolute Gasteiger partial charge is 0.494 e. The summed E-state index contributed by atoms with van der Waals surface area (Å²) in [7, 11) is 0. The van der Waals surface area contributed by atoms with E-state index in [1.54, 1.807) is 36.4 Å². The molecule has 0 aliphatic rings. The number of unbranched alkanes of at least 4 members (excludes halogenated alkanes) is 1. The van der Waals surface area contributed by atoms with Gasteiger partial charge in [-0.2, -0.15) is 0 Å². The number of halogens is 1. The van der Waals surface area contributed by atoms with E-state index >= 15 is 0 Å². The van der Waals surface area contributed by atoms with Gasteiger partial charge in [0.15, 0.2) is 12.4 Å². The number of Topliss-reactive ketones (excluding diaryl/α,β-unsaturated/α-hetero) is 1. The Balaban J connectivity index is 1.55. The smallest absolute Gasteiger partial charge is 0.257 e. The molecule has 2 aromatic carbocycles. The van der Waals surface area contributed by atoms with Crippen molar-refractivity contribution in [2.45, 2.75) is 26.2 Å². The number of rotatable bonds is 11. The molecule has 0 aliphatic carbocycles. The first-order valence-electron chi connectivity index (χ1n) is 8.99. The summed E-state index contributed by atoms with van der Waals surface area (Å²) in [5, 5.41) is 3.49. The fourth-order valence-electron chi connectivity index (χ4n) is 2.32. The van der Waals surface area contributed by atoms with Crippen LogP contribution in [0.2, 0.25) is 5.02 Å². The Morgan fingerprint density at radius 3 is 2.22 bits per heavy atom. The number of amides is 1. The van der Waals surface area contributed by atoms with E-state index in [4.69, 9.17) is 21.1 Å². The van der Waals surface area contributed by atoms with E-state index in [0.29, 0.717) is 35.9 Å². The molecule has 0 fully saturated rings. The maximum absolute atomic E-state index is 11.8. The molecule has 0 aromatic heterocycles. The Morgan fingerprint density at radius 1 is 0.926 bits per heavy atom. The fraction of sp³-hybridized carbons (Fsp3) is 0.333. The molecular formula is C21H24ClNO4. The predicted octanol–water partition coefficient (Wildman–Crippen LogP) is 4.29. The molecule has 0 saturated carbocycles. The van der Waals surface area contributed by atoms with Crippen LogP contribution >= 0.6 is 11.6 Å². The Labute approximate surface area is 164 Å². The molecular weight excluding hydrogens is 366 g/mol. The van der Waals surface area contributed by atoms with Crippen LogP contribution < -0.4 is 14.8 Å². The zero-order valence-electron chi connectivity index (χ0n) is 15.4. The van der Waals surface area contributed by atoms with Gasteiger partial charge in [0, 0.05) is 23.6 Å². The molecule has 144 valence electrons. The molecule has 0 aliphatic heterocycles. The van der Waals surface area contributed by atoms with Crippen LogP contribution in [-0.4, -0.2) is 31.4 Å². The number of benzene rings is 2. The second-order valence-electron chi connectivity index (χ2n) is 5.95. The van der Waals surface area contributed by atoms with Gasteiger partial charge >= 0.3 is 0 Å². The second-order valence-corrected chi connectivity index (χ2v) is 6.39. The highest BCUT2D eigenvalue weighted by atomic mass is 35.5. The quantitative estimate of drug-likeness (QED) is 0.460. The summed E-state index contributed by atoms with van der Waals surface area (Å²) < 4.78 is 11.0. The van der Waals surface area contributed by atoms with Crippen LogP contribution in [0.4, 0.5) is 0 Å². The topological polar surface area (TPSA) is 64.6 Å². The van der Waals surface area contributed by atoms with Crippen LogP contribution in [0.3, 0.4) is 0 Å². The number of hydrogen-bond donors (Lipinski definition) is 1. The van der Waals surface area contributed by atoms with Gasteiger partial charge in [0.25, 0.3) is 5.91 Å². The Morgan fingerprint density at radius 2 is 1.56 bits per heavy atom. The average Bonchev–Trinajstić information content (AvgIpc) is 2.70. The van der Waals surface area contributed by atoms with Crippen molar-refractivity contribution in [3.8, 4) is 11.5 Å². The van der Waals surface area contributed by atoms with Crippen molar-refractivity contribution in [3.63, 3.8) is 0 Å². The summed E-state index contributed by atoms with van der Waals surface area (Å²) >= 11 is 5.81.